The highest BCUT2D eigenvalue weighted by Crippen LogP contribution is 2.28. The first-order chi connectivity index (χ1) is 8.40. The highest BCUT2D eigenvalue weighted by atomic mass is 32.2. The summed E-state index contributed by atoms with van der Waals surface area (Å²) in [5.74, 6) is -0.112. The fraction of sp³-hybridized carbons (Fsp3) is 0.167. The average molecular weight is 267 g/mol. The van der Waals surface area contributed by atoms with Gasteiger partial charge in [-0.3, -0.25) is 0 Å². The number of sulfonamides is 1. The number of rotatable bonds is 3. The van der Waals surface area contributed by atoms with E-state index >= 15 is 0 Å². The maximum atomic E-state index is 11.9. The lowest BCUT2D eigenvalue weighted by molar-refractivity contribution is 0.184. The van der Waals surface area contributed by atoms with Gasteiger partial charge in [-0.05, 0) is 18.4 Å². The fourth-order valence-electron chi connectivity index (χ4n) is 1.71. The first kappa shape index (κ1) is 12.8. The molecule has 0 fully saturated rings. The Labute approximate surface area is 105 Å². The molecule has 5 nitrogen and oxygen atoms in total. The van der Waals surface area contributed by atoms with E-state index in [1.165, 1.54) is 13.0 Å². The molecule has 0 aliphatic rings. The summed E-state index contributed by atoms with van der Waals surface area (Å²) in [6.45, 7) is 1.30. The Morgan fingerprint density at radius 1 is 1.22 bits per heavy atom. The number of aliphatic hydroxyl groups excluding tert-OH is 1. The van der Waals surface area contributed by atoms with Gasteiger partial charge in [0.25, 0.3) is 0 Å². The van der Waals surface area contributed by atoms with Crippen LogP contribution in [0.5, 0.6) is 5.75 Å². The van der Waals surface area contributed by atoms with Gasteiger partial charge in [0.15, 0.2) is 0 Å². The van der Waals surface area contributed by atoms with E-state index in [9.17, 15) is 13.5 Å². The minimum absolute atomic E-state index is 0.0837. The summed E-state index contributed by atoms with van der Waals surface area (Å²) in [7, 11) is -3.83. The SMILES string of the molecule is CC(O)NS(=O)(=O)c1cc(O)c2ccccc2c1. The third kappa shape index (κ3) is 2.45. The van der Waals surface area contributed by atoms with Gasteiger partial charge < -0.3 is 10.2 Å². The van der Waals surface area contributed by atoms with Crippen LogP contribution in [0.25, 0.3) is 10.8 Å². The van der Waals surface area contributed by atoms with Crippen LogP contribution >= 0.6 is 0 Å². The molecule has 1 unspecified atom stereocenters. The third-order valence-electron chi connectivity index (χ3n) is 2.45. The van der Waals surface area contributed by atoms with Crippen molar-refractivity contribution in [2.45, 2.75) is 18.0 Å². The summed E-state index contributed by atoms with van der Waals surface area (Å²) in [4.78, 5) is -0.0837. The number of fused-ring (bicyclic) bond motifs is 1. The predicted octanol–water partition coefficient (Wildman–Crippen LogP) is 1.16. The van der Waals surface area contributed by atoms with E-state index in [1.807, 2.05) is 4.72 Å². The van der Waals surface area contributed by atoms with Crippen LogP contribution < -0.4 is 4.72 Å². The second-order valence-corrected chi connectivity index (χ2v) is 5.67. The Hall–Kier alpha value is -1.63. The Morgan fingerprint density at radius 2 is 1.89 bits per heavy atom. The first-order valence-corrected chi connectivity index (χ1v) is 6.80. The Kier molecular flexibility index (Phi) is 3.25. The molecule has 96 valence electrons. The van der Waals surface area contributed by atoms with Gasteiger partial charge in [0.2, 0.25) is 10.0 Å². The number of hydrogen-bond acceptors (Lipinski definition) is 4. The zero-order valence-electron chi connectivity index (χ0n) is 9.66. The van der Waals surface area contributed by atoms with E-state index in [2.05, 4.69) is 0 Å². The summed E-state index contributed by atoms with van der Waals surface area (Å²) in [6, 6.07) is 9.51. The third-order valence-corrected chi connectivity index (χ3v) is 3.96. The molecule has 2 rings (SSSR count). The molecule has 0 radical (unpaired) electrons. The molecule has 2 aromatic rings. The van der Waals surface area contributed by atoms with Gasteiger partial charge in [0.1, 0.15) is 12.0 Å². The highest BCUT2D eigenvalue weighted by molar-refractivity contribution is 7.89. The highest BCUT2D eigenvalue weighted by Gasteiger charge is 2.17. The van der Waals surface area contributed by atoms with E-state index in [1.54, 1.807) is 24.3 Å². The molecule has 0 amide bonds. The van der Waals surface area contributed by atoms with Crippen LogP contribution in [-0.2, 0) is 10.0 Å². The molecule has 0 aromatic heterocycles. The Balaban J connectivity index is 2.60. The van der Waals surface area contributed by atoms with Gasteiger partial charge in [0, 0.05) is 11.5 Å². The summed E-state index contributed by atoms with van der Waals surface area (Å²) in [5.41, 5.74) is 0. The van der Waals surface area contributed by atoms with Crippen LogP contribution in [0.1, 0.15) is 6.92 Å². The van der Waals surface area contributed by atoms with E-state index in [0.29, 0.717) is 10.8 Å². The molecule has 0 bridgehead atoms. The minimum atomic E-state index is -3.83. The van der Waals surface area contributed by atoms with Gasteiger partial charge in [-0.25, -0.2) is 8.42 Å². The largest absolute Gasteiger partial charge is 0.507 e. The second-order valence-electron chi connectivity index (χ2n) is 3.96. The van der Waals surface area contributed by atoms with E-state index in [4.69, 9.17) is 5.11 Å². The lowest BCUT2D eigenvalue weighted by atomic mass is 10.1. The number of aromatic hydroxyl groups is 1. The van der Waals surface area contributed by atoms with Gasteiger partial charge in [0.05, 0.1) is 4.90 Å². The molecule has 2 aromatic carbocycles. The Morgan fingerprint density at radius 3 is 2.56 bits per heavy atom. The molecular formula is C12H13NO4S. The molecular weight excluding hydrogens is 254 g/mol. The van der Waals surface area contributed by atoms with Crippen LogP contribution in [0.15, 0.2) is 41.3 Å². The maximum absolute atomic E-state index is 11.9. The maximum Gasteiger partial charge on any atom is 0.242 e. The second kappa shape index (κ2) is 4.56. The van der Waals surface area contributed by atoms with E-state index in [0.717, 1.165) is 6.07 Å². The number of phenols is 1. The molecule has 3 N–H and O–H groups in total. The van der Waals surface area contributed by atoms with Crippen molar-refractivity contribution in [2.75, 3.05) is 0 Å². The average Bonchev–Trinajstić information content (AvgIpc) is 2.27. The smallest absolute Gasteiger partial charge is 0.242 e. The number of phenolic OH excluding ortho intramolecular Hbond substituents is 1. The molecule has 0 spiro atoms. The molecule has 0 saturated carbocycles. The molecule has 0 heterocycles. The van der Waals surface area contributed by atoms with Gasteiger partial charge in [-0.2, -0.15) is 4.72 Å². The van der Waals surface area contributed by atoms with Crippen LogP contribution in [0.3, 0.4) is 0 Å². The van der Waals surface area contributed by atoms with Crippen molar-refractivity contribution in [3.63, 3.8) is 0 Å². The number of hydrogen-bond donors (Lipinski definition) is 3. The zero-order valence-corrected chi connectivity index (χ0v) is 10.5. The first-order valence-electron chi connectivity index (χ1n) is 5.32. The van der Waals surface area contributed by atoms with Gasteiger partial charge >= 0.3 is 0 Å². The number of aliphatic hydroxyl groups is 1. The van der Waals surface area contributed by atoms with Crippen LogP contribution in [0.4, 0.5) is 0 Å². The molecule has 1 atom stereocenters. The lowest BCUT2D eigenvalue weighted by Gasteiger charge is -2.10. The summed E-state index contributed by atoms with van der Waals surface area (Å²) in [6.07, 6.45) is -1.19. The van der Waals surface area contributed by atoms with Crippen molar-refractivity contribution >= 4 is 20.8 Å². The zero-order chi connectivity index (χ0) is 13.3. The fourth-order valence-corrected chi connectivity index (χ4v) is 2.85. The van der Waals surface area contributed by atoms with Crippen molar-refractivity contribution in [1.29, 1.82) is 0 Å². The van der Waals surface area contributed by atoms with Gasteiger partial charge in [-0.15, -0.1) is 0 Å². The van der Waals surface area contributed by atoms with Crippen molar-refractivity contribution in [2.24, 2.45) is 0 Å². The van der Waals surface area contributed by atoms with E-state index in [-0.39, 0.29) is 10.6 Å². The van der Waals surface area contributed by atoms with Gasteiger partial charge in [-0.1, -0.05) is 24.3 Å². The molecule has 0 aliphatic heterocycles. The lowest BCUT2D eigenvalue weighted by Crippen LogP contribution is -2.32. The summed E-state index contributed by atoms with van der Waals surface area (Å²) >= 11 is 0. The van der Waals surface area contributed by atoms with Crippen LogP contribution in [0.2, 0.25) is 0 Å². The quantitative estimate of drug-likeness (QED) is 0.728. The minimum Gasteiger partial charge on any atom is -0.507 e. The van der Waals surface area contributed by atoms with Crippen molar-refractivity contribution in [3.05, 3.63) is 36.4 Å². The van der Waals surface area contributed by atoms with Crippen LogP contribution in [0, 0.1) is 0 Å². The number of nitrogens with one attached hydrogen (secondary N) is 1. The molecule has 0 aliphatic carbocycles. The molecule has 0 saturated heterocycles. The summed E-state index contributed by atoms with van der Waals surface area (Å²) in [5, 5.41) is 20.1. The Bertz CT molecular complexity index is 680. The van der Waals surface area contributed by atoms with Crippen molar-refractivity contribution in [3.8, 4) is 5.75 Å². The monoisotopic (exact) mass is 267 g/mol. The summed E-state index contributed by atoms with van der Waals surface area (Å²) < 4.78 is 25.8. The topological polar surface area (TPSA) is 86.6 Å². The van der Waals surface area contributed by atoms with Crippen molar-refractivity contribution < 1.29 is 18.6 Å². The normalized spacial score (nSPS) is 13.7. The number of benzene rings is 2. The standard InChI is InChI=1S/C12H13NO4S/c1-8(14)13-18(16,17)10-6-9-4-2-3-5-11(9)12(15)7-10/h2-8,13-15H,1H3. The predicted molar refractivity (Wildman–Crippen MR) is 67.6 cm³/mol. The molecule has 6 heteroatoms. The van der Waals surface area contributed by atoms with Crippen LogP contribution in [-0.4, -0.2) is 24.9 Å². The van der Waals surface area contributed by atoms with E-state index < -0.39 is 16.3 Å². The van der Waals surface area contributed by atoms with Crippen molar-refractivity contribution in [1.82, 2.24) is 4.72 Å². The molecule has 18 heavy (non-hydrogen) atoms.